The molecule has 0 unspecified atom stereocenters. The highest BCUT2D eigenvalue weighted by Crippen LogP contribution is 2.43. The molecule has 1 aliphatic rings. The maximum absolute atomic E-state index is 12.0. The predicted molar refractivity (Wildman–Crippen MR) is 76.0 cm³/mol. The predicted octanol–water partition coefficient (Wildman–Crippen LogP) is 2.07. The topological polar surface area (TPSA) is 61.8 Å². The first-order valence-corrected chi connectivity index (χ1v) is 6.57. The molecule has 2 rings (SSSR count). The monoisotopic (exact) mass is 290 g/mol. The third-order valence-corrected chi connectivity index (χ3v) is 3.78. The molecule has 1 aromatic carbocycles. The zero-order valence-corrected chi connectivity index (χ0v) is 12.3. The Morgan fingerprint density at radius 1 is 1.14 bits per heavy atom. The Labute approximate surface area is 123 Å². The van der Waals surface area contributed by atoms with Gasteiger partial charge in [0.1, 0.15) is 5.75 Å². The third kappa shape index (κ3) is 2.63. The fraction of sp³-hybridized carbons (Fsp3) is 0.375. The molecule has 0 bridgehead atoms. The van der Waals surface area contributed by atoms with Crippen LogP contribution >= 0.6 is 0 Å². The summed E-state index contributed by atoms with van der Waals surface area (Å²) in [5.41, 5.74) is -0.391. The van der Waals surface area contributed by atoms with Gasteiger partial charge in [-0.2, -0.15) is 0 Å². The van der Waals surface area contributed by atoms with E-state index in [4.69, 9.17) is 14.2 Å². The Morgan fingerprint density at radius 2 is 1.81 bits per heavy atom. The summed E-state index contributed by atoms with van der Waals surface area (Å²) < 4.78 is 14.7. The van der Waals surface area contributed by atoms with Gasteiger partial charge in [-0.15, -0.1) is 0 Å². The third-order valence-electron chi connectivity index (χ3n) is 3.78. The summed E-state index contributed by atoms with van der Waals surface area (Å²) in [5, 5.41) is 0. The van der Waals surface area contributed by atoms with Crippen molar-refractivity contribution in [2.75, 3.05) is 21.3 Å². The molecule has 1 aromatic rings. The first-order chi connectivity index (χ1) is 10.1. The summed E-state index contributed by atoms with van der Waals surface area (Å²) in [6.07, 6.45) is 3.71. The van der Waals surface area contributed by atoms with E-state index in [1.54, 1.807) is 13.2 Å². The number of allylic oxidation sites excluding steroid dienone is 1. The Balaban J connectivity index is 2.30. The van der Waals surface area contributed by atoms with Crippen LogP contribution in [0.2, 0.25) is 0 Å². The smallest absolute Gasteiger partial charge is 0.327 e. The van der Waals surface area contributed by atoms with Crippen LogP contribution < -0.4 is 4.74 Å². The van der Waals surface area contributed by atoms with Crippen molar-refractivity contribution < 1.29 is 23.8 Å². The van der Waals surface area contributed by atoms with E-state index in [2.05, 4.69) is 0 Å². The number of methoxy groups -OCH3 is 3. The lowest BCUT2D eigenvalue weighted by Crippen LogP contribution is -2.38. The molecule has 0 N–H and O–H groups in total. The molecule has 0 heterocycles. The molecule has 0 aliphatic heterocycles. The second-order valence-electron chi connectivity index (χ2n) is 4.90. The van der Waals surface area contributed by atoms with Crippen LogP contribution in [-0.4, -0.2) is 33.3 Å². The molecule has 5 nitrogen and oxygen atoms in total. The fourth-order valence-corrected chi connectivity index (χ4v) is 2.61. The van der Waals surface area contributed by atoms with Crippen molar-refractivity contribution in [3.8, 4) is 5.75 Å². The average molecular weight is 290 g/mol. The summed E-state index contributed by atoms with van der Waals surface area (Å²) in [4.78, 5) is 24.1. The van der Waals surface area contributed by atoms with Gasteiger partial charge in [0.25, 0.3) is 0 Å². The Bertz CT molecular complexity index is 560. The second kappa shape index (κ2) is 5.99. The van der Waals surface area contributed by atoms with Crippen LogP contribution in [0.1, 0.15) is 17.9 Å². The van der Waals surface area contributed by atoms with E-state index >= 15 is 0 Å². The maximum atomic E-state index is 12.0. The lowest BCUT2D eigenvalue weighted by Gasteiger charge is -2.23. The summed E-state index contributed by atoms with van der Waals surface area (Å²) in [6, 6.07) is 7.54. The Kier molecular flexibility index (Phi) is 4.31. The number of hydrogen-bond donors (Lipinski definition) is 0. The highest BCUT2D eigenvalue weighted by molar-refractivity contribution is 6.03. The lowest BCUT2D eigenvalue weighted by atomic mass is 9.83. The number of esters is 2. The van der Waals surface area contributed by atoms with E-state index in [0.717, 1.165) is 11.3 Å². The SMILES string of the molecule is COC(=O)C1(C(=O)OC)C=C[C@H](c2cccc(OC)c2)C1. The number of carbonyl (C=O) groups is 2. The standard InChI is InChI=1S/C16H18O5/c1-19-13-6-4-5-11(9-13)12-7-8-16(10-12,14(17)20-2)15(18)21-3/h4-9,12H,10H2,1-3H3/t12-/m0/s1. The molecule has 21 heavy (non-hydrogen) atoms. The highest BCUT2D eigenvalue weighted by Gasteiger charge is 2.50. The molecule has 0 spiro atoms. The number of hydrogen-bond acceptors (Lipinski definition) is 5. The Hall–Kier alpha value is -2.30. The molecule has 0 saturated carbocycles. The van der Waals surface area contributed by atoms with Gasteiger partial charge in [0.05, 0.1) is 21.3 Å². The van der Waals surface area contributed by atoms with Crippen molar-refractivity contribution in [3.05, 3.63) is 42.0 Å². The molecule has 0 saturated heterocycles. The first-order valence-electron chi connectivity index (χ1n) is 6.57. The molecule has 0 amide bonds. The van der Waals surface area contributed by atoms with Gasteiger partial charge in [0.15, 0.2) is 5.41 Å². The number of rotatable bonds is 4. The normalized spacial score (nSPS) is 19.1. The van der Waals surface area contributed by atoms with Crippen LogP contribution in [-0.2, 0) is 19.1 Å². The minimum atomic E-state index is -1.36. The molecule has 112 valence electrons. The maximum Gasteiger partial charge on any atom is 0.327 e. The summed E-state index contributed by atoms with van der Waals surface area (Å²) in [6.45, 7) is 0. The molecular formula is C16H18O5. The number of benzene rings is 1. The largest absolute Gasteiger partial charge is 0.497 e. The van der Waals surface area contributed by atoms with Gasteiger partial charge in [0.2, 0.25) is 0 Å². The van der Waals surface area contributed by atoms with E-state index in [9.17, 15) is 9.59 Å². The van der Waals surface area contributed by atoms with Gasteiger partial charge < -0.3 is 14.2 Å². The number of carbonyl (C=O) groups excluding carboxylic acids is 2. The van der Waals surface area contributed by atoms with Crippen LogP contribution in [0, 0.1) is 5.41 Å². The molecule has 1 aliphatic carbocycles. The van der Waals surface area contributed by atoms with Crippen LogP contribution in [0.4, 0.5) is 0 Å². The molecule has 0 aromatic heterocycles. The minimum absolute atomic E-state index is 0.0710. The van der Waals surface area contributed by atoms with E-state index < -0.39 is 17.4 Å². The summed E-state index contributed by atoms with van der Waals surface area (Å²) in [7, 11) is 4.12. The number of ether oxygens (including phenoxy) is 3. The highest BCUT2D eigenvalue weighted by atomic mass is 16.5. The average Bonchev–Trinajstić information content (AvgIpc) is 3.00. The lowest BCUT2D eigenvalue weighted by molar-refractivity contribution is -0.165. The van der Waals surface area contributed by atoms with Crippen molar-refractivity contribution in [1.29, 1.82) is 0 Å². The quantitative estimate of drug-likeness (QED) is 0.482. The zero-order chi connectivity index (χ0) is 15.5. The fourth-order valence-electron chi connectivity index (χ4n) is 2.61. The minimum Gasteiger partial charge on any atom is -0.497 e. The van der Waals surface area contributed by atoms with Crippen molar-refractivity contribution in [3.63, 3.8) is 0 Å². The molecule has 0 fully saturated rings. The molecule has 0 radical (unpaired) electrons. The van der Waals surface area contributed by atoms with Crippen molar-refractivity contribution in [1.82, 2.24) is 0 Å². The van der Waals surface area contributed by atoms with Crippen molar-refractivity contribution in [2.45, 2.75) is 12.3 Å². The second-order valence-corrected chi connectivity index (χ2v) is 4.90. The molecule has 5 heteroatoms. The molecule has 1 atom stereocenters. The van der Waals surface area contributed by atoms with E-state index in [-0.39, 0.29) is 5.92 Å². The summed E-state index contributed by atoms with van der Waals surface area (Å²) in [5.74, 6) is -0.542. The van der Waals surface area contributed by atoms with Gasteiger partial charge in [-0.25, -0.2) is 0 Å². The van der Waals surface area contributed by atoms with Gasteiger partial charge >= 0.3 is 11.9 Å². The Morgan fingerprint density at radius 3 is 2.38 bits per heavy atom. The van der Waals surface area contributed by atoms with Crippen molar-refractivity contribution >= 4 is 11.9 Å². The van der Waals surface area contributed by atoms with Crippen LogP contribution in [0.3, 0.4) is 0 Å². The first kappa shape index (κ1) is 15.1. The van der Waals surface area contributed by atoms with E-state index in [1.807, 2.05) is 30.3 Å². The van der Waals surface area contributed by atoms with E-state index in [1.165, 1.54) is 14.2 Å². The summed E-state index contributed by atoms with van der Waals surface area (Å²) >= 11 is 0. The van der Waals surface area contributed by atoms with Crippen LogP contribution in [0.15, 0.2) is 36.4 Å². The molecular weight excluding hydrogens is 272 g/mol. The van der Waals surface area contributed by atoms with Gasteiger partial charge in [-0.1, -0.05) is 24.3 Å². The van der Waals surface area contributed by atoms with Crippen LogP contribution in [0.25, 0.3) is 0 Å². The van der Waals surface area contributed by atoms with Gasteiger partial charge in [-0.3, -0.25) is 9.59 Å². The van der Waals surface area contributed by atoms with Gasteiger partial charge in [-0.05, 0) is 24.1 Å². The zero-order valence-electron chi connectivity index (χ0n) is 12.3. The van der Waals surface area contributed by atoms with Crippen molar-refractivity contribution in [2.24, 2.45) is 5.41 Å². The van der Waals surface area contributed by atoms with Gasteiger partial charge in [0, 0.05) is 5.92 Å². The van der Waals surface area contributed by atoms with Crippen LogP contribution in [0.5, 0.6) is 5.75 Å². The van der Waals surface area contributed by atoms with E-state index in [0.29, 0.717) is 6.42 Å².